The van der Waals surface area contributed by atoms with Crippen molar-refractivity contribution in [1.82, 2.24) is 10.6 Å². The molecule has 1 heterocycles. The highest BCUT2D eigenvalue weighted by atomic mass is 35.5. The molecule has 3 atom stereocenters. The van der Waals surface area contributed by atoms with Crippen molar-refractivity contribution in [3.63, 3.8) is 0 Å². The van der Waals surface area contributed by atoms with Gasteiger partial charge in [-0.1, -0.05) is 66.4 Å². The summed E-state index contributed by atoms with van der Waals surface area (Å²) in [5.74, 6) is -0.520. The van der Waals surface area contributed by atoms with Crippen molar-refractivity contribution >= 4 is 47.0 Å². The topological polar surface area (TPSA) is 78.4 Å². The highest BCUT2D eigenvalue weighted by Gasteiger charge is 2.29. The highest BCUT2D eigenvalue weighted by Crippen LogP contribution is 2.32. The summed E-state index contributed by atoms with van der Waals surface area (Å²) in [7, 11) is 1.93. The number of carbonyl (C=O) groups excluding carboxylic acids is 1. The SMILES string of the molecule is CNCc1ccc([C@@H]2C[C@H](SCC(SC(=O)c3ccccc3)C(=O)O)CN2)cc1.Cl. The zero-order valence-electron chi connectivity index (χ0n) is 16.7. The van der Waals surface area contributed by atoms with Gasteiger partial charge in [-0.25, -0.2) is 0 Å². The van der Waals surface area contributed by atoms with Crippen LogP contribution in [-0.4, -0.2) is 46.0 Å². The number of hydrogen-bond acceptors (Lipinski definition) is 6. The van der Waals surface area contributed by atoms with Crippen LogP contribution < -0.4 is 10.6 Å². The lowest BCUT2D eigenvalue weighted by Crippen LogP contribution is -2.23. The normalized spacial score (nSPS) is 19.1. The predicted octanol–water partition coefficient (Wildman–Crippen LogP) is 3.99. The van der Waals surface area contributed by atoms with Crippen LogP contribution in [0.25, 0.3) is 0 Å². The number of benzene rings is 2. The first-order chi connectivity index (χ1) is 14.1. The molecule has 0 aromatic heterocycles. The Morgan fingerprint density at radius 2 is 1.87 bits per heavy atom. The van der Waals surface area contributed by atoms with Gasteiger partial charge in [0.2, 0.25) is 5.12 Å². The molecule has 30 heavy (non-hydrogen) atoms. The molecule has 1 aliphatic heterocycles. The average molecular weight is 467 g/mol. The maximum absolute atomic E-state index is 12.3. The van der Waals surface area contributed by atoms with Crippen LogP contribution >= 0.6 is 35.9 Å². The molecule has 3 N–H and O–H groups in total. The molecule has 5 nitrogen and oxygen atoms in total. The second kappa shape index (κ2) is 12.4. The van der Waals surface area contributed by atoms with Crippen LogP contribution in [0.4, 0.5) is 0 Å². The van der Waals surface area contributed by atoms with Crippen LogP contribution in [0.2, 0.25) is 0 Å². The number of carbonyl (C=O) groups is 2. The zero-order chi connectivity index (χ0) is 20.6. The molecule has 162 valence electrons. The van der Waals surface area contributed by atoms with E-state index >= 15 is 0 Å². The first-order valence-corrected chi connectivity index (χ1v) is 11.6. The summed E-state index contributed by atoms with van der Waals surface area (Å²) in [5.41, 5.74) is 3.05. The van der Waals surface area contributed by atoms with E-state index in [-0.39, 0.29) is 23.6 Å². The molecule has 0 aliphatic carbocycles. The first kappa shape index (κ1) is 24.8. The Kier molecular flexibility index (Phi) is 10.2. The molecular formula is C22H27ClN2O3S2. The standard InChI is InChI=1S/C22H26N2O3S2.ClH/c1-23-12-15-7-9-16(10-8-15)19-11-18(13-24-19)28-14-20(21(25)26)29-22(27)17-5-3-2-4-6-17;/h2-10,18-20,23-24H,11-14H2,1H3,(H,25,26);1H/t18-,19-,20?;/m0./s1. The maximum atomic E-state index is 12.3. The number of carboxylic acid groups (broad SMARTS) is 1. The Morgan fingerprint density at radius 1 is 1.17 bits per heavy atom. The molecule has 2 aromatic rings. The van der Waals surface area contributed by atoms with Crippen LogP contribution in [0, 0.1) is 0 Å². The summed E-state index contributed by atoms with van der Waals surface area (Å²) in [4.78, 5) is 24.0. The minimum atomic E-state index is -0.936. The summed E-state index contributed by atoms with van der Waals surface area (Å²) >= 11 is 2.55. The zero-order valence-corrected chi connectivity index (χ0v) is 19.2. The van der Waals surface area contributed by atoms with E-state index in [1.165, 1.54) is 11.1 Å². The van der Waals surface area contributed by atoms with E-state index < -0.39 is 11.2 Å². The molecule has 8 heteroatoms. The summed E-state index contributed by atoms with van der Waals surface area (Å²) in [5, 5.41) is 15.6. The molecule has 0 amide bonds. The van der Waals surface area contributed by atoms with Crippen molar-refractivity contribution in [3.05, 3.63) is 71.3 Å². The van der Waals surface area contributed by atoms with Gasteiger partial charge >= 0.3 is 5.97 Å². The predicted molar refractivity (Wildman–Crippen MR) is 128 cm³/mol. The number of hydrogen-bond donors (Lipinski definition) is 3. The fraction of sp³-hybridized carbons (Fsp3) is 0.364. The molecular weight excluding hydrogens is 440 g/mol. The van der Waals surface area contributed by atoms with Gasteiger partial charge in [-0.05, 0) is 24.6 Å². The van der Waals surface area contributed by atoms with Crippen molar-refractivity contribution in [2.45, 2.75) is 29.5 Å². The first-order valence-electron chi connectivity index (χ1n) is 9.64. The van der Waals surface area contributed by atoms with Gasteiger partial charge in [0.05, 0.1) is 0 Å². The number of carboxylic acids is 1. The molecule has 0 saturated carbocycles. The lowest BCUT2D eigenvalue weighted by molar-refractivity contribution is -0.135. The van der Waals surface area contributed by atoms with Gasteiger partial charge in [0, 0.05) is 35.7 Å². The molecule has 3 rings (SSSR count). The van der Waals surface area contributed by atoms with E-state index in [4.69, 9.17) is 0 Å². The van der Waals surface area contributed by atoms with Gasteiger partial charge in [-0.15, -0.1) is 12.4 Å². The third kappa shape index (κ3) is 7.03. The van der Waals surface area contributed by atoms with Gasteiger partial charge in [-0.3, -0.25) is 9.59 Å². The van der Waals surface area contributed by atoms with Gasteiger partial charge in [0.15, 0.2) is 0 Å². The van der Waals surface area contributed by atoms with E-state index in [0.717, 1.165) is 31.3 Å². The summed E-state index contributed by atoms with van der Waals surface area (Å²) in [6.07, 6.45) is 0.958. The number of nitrogens with one attached hydrogen (secondary N) is 2. The fourth-order valence-electron chi connectivity index (χ4n) is 3.31. The average Bonchev–Trinajstić information content (AvgIpc) is 3.21. The lowest BCUT2D eigenvalue weighted by Gasteiger charge is -2.14. The molecule has 1 saturated heterocycles. The third-order valence-electron chi connectivity index (χ3n) is 4.87. The molecule has 0 radical (unpaired) electrons. The summed E-state index contributed by atoms with van der Waals surface area (Å²) in [6, 6.07) is 17.7. The Bertz CT molecular complexity index is 821. The van der Waals surface area contributed by atoms with Crippen LogP contribution in [0.3, 0.4) is 0 Å². The van der Waals surface area contributed by atoms with Crippen molar-refractivity contribution in [2.75, 3.05) is 19.3 Å². The molecule has 2 aromatic carbocycles. The minimum absolute atomic E-state index is 0. The molecule has 1 fully saturated rings. The van der Waals surface area contributed by atoms with Gasteiger partial charge < -0.3 is 15.7 Å². The number of halogens is 1. The Labute approximate surface area is 192 Å². The highest BCUT2D eigenvalue weighted by molar-refractivity contribution is 8.16. The number of thioether (sulfide) groups is 2. The van der Waals surface area contributed by atoms with Crippen molar-refractivity contribution in [1.29, 1.82) is 0 Å². The van der Waals surface area contributed by atoms with Crippen LogP contribution in [-0.2, 0) is 11.3 Å². The largest absolute Gasteiger partial charge is 0.480 e. The fourth-order valence-corrected chi connectivity index (χ4v) is 5.58. The maximum Gasteiger partial charge on any atom is 0.317 e. The van der Waals surface area contributed by atoms with Crippen LogP contribution in [0.15, 0.2) is 54.6 Å². The Balaban J connectivity index is 0.00000320. The van der Waals surface area contributed by atoms with Crippen molar-refractivity contribution in [3.8, 4) is 0 Å². The lowest BCUT2D eigenvalue weighted by atomic mass is 10.0. The van der Waals surface area contributed by atoms with E-state index in [1.807, 2.05) is 13.1 Å². The van der Waals surface area contributed by atoms with Crippen LogP contribution in [0.1, 0.15) is 33.9 Å². The van der Waals surface area contributed by atoms with E-state index in [0.29, 0.717) is 16.6 Å². The number of aliphatic carboxylic acids is 1. The minimum Gasteiger partial charge on any atom is -0.480 e. The molecule has 1 aliphatic rings. The molecule has 0 bridgehead atoms. The van der Waals surface area contributed by atoms with Crippen molar-refractivity contribution in [2.24, 2.45) is 0 Å². The summed E-state index contributed by atoms with van der Waals surface area (Å²) in [6.45, 7) is 1.70. The Hall–Kier alpha value is -1.51. The van der Waals surface area contributed by atoms with Crippen molar-refractivity contribution < 1.29 is 14.7 Å². The summed E-state index contributed by atoms with van der Waals surface area (Å²) < 4.78 is 0. The number of rotatable bonds is 9. The second-order valence-corrected chi connectivity index (χ2v) is 9.53. The van der Waals surface area contributed by atoms with Gasteiger partial charge in [0.1, 0.15) is 5.25 Å². The van der Waals surface area contributed by atoms with E-state index in [9.17, 15) is 14.7 Å². The molecule has 0 spiro atoms. The quantitative estimate of drug-likeness (QED) is 0.515. The van der Waals surface area contributed by atoms with E-state index in [2.05, 4.69) is 34.9 Å². The Morgan fingerprint density at radius 3 is 2.50 bits per heavy atom. The van der Waals surface area contributed by atoms with Gasteiger partial charge in [0.25, 0.3) is 0 Å². The monoisotopic (exact) mass is 466 g/mol. The third-order valence-corrected chi connectivity index (χ3v) is 7.54. The molecule has 1 unspecified atom stereocenters. The van der Waals surface area contributed by atoms with Crippen LogP contribution in [0.5, 0.6) is 0 Å². The second-order valence-electron chi connectivity index (χ2n) is 7.02. The van der Waals surface area contributed by atoms with Gasteiger partial charge in [-0.2, -0.15) is 11.8 Å². The smallest absolute Gasteiger partial charge is 0.317 e. The van der Waals surface area contributed by atoms with E-state index in [1.54, 1.807) is 36.0 Å².